The first-order valence-corrected chi connectivity index (χ1v) is 6.94. The average Bonchev–Trinajstić information content (AvgIpc) is 1.99. The largest absolute Gasteiger partial charge is 0.311 e. The lowest BCUT2D eigenvalue weighted by Gasteiger charge is -2.35. The minimum atomic E-state index is 0.252. The van der Waals surface area contributed by atoms with E-state index in [1.165, 1.54) is 19.6 Å². The summed E-state index contributed by atoms with van der Waals surface area (Å²) in [5.41, 5.74) is 0.252. The van der Waals surface area contributed by atoms with Gasteiger partial charge in [-0.05, 0) is 20.8 Å². The van der Waals surface area contributed by atoms with Gasteiger partial charge in [0.25, 0.3) is 0 Å². The molecular weight excluding hydrogens is 204 g/mol. The van der Waals surface area contributed by atoms with E-state index in [2.05, 4.69) is 56.6 Å². The van der Waals surface area contributed by atoms with Crippen molar-refractivity contribution in [1.29, 1.82) is 0 Å². The number of rotatable bonds is 3. The fraction of sp³-hybridized carbons (Fsp3) is 1.00. The highest BCUT2D eigenvalue weighted by Crippen LogP contribution is 2.24. The summed E-state index contributed by atoms with van der Waals surface area (Å²) in [6.45, 7) is 16.1. The number of hydrogen-bond donors (Lipinski definition) is 1. The average molecular weight is 230 g/mol. The van der Waals surface area contributed by atoms with Gasteiger partial charge in [-0.3, -0.25) is 4.90 Å². The normalized spacial score (nSPS) is 29.4. The molecule has 2 nitrogen and oxygen atoms in total. The van der Waals surface area contributed by atoms with Crippen molar-refractivity contribution in [3.63, 3.8) is 0 Å². The molecule has 2 atom stereocenters. The molecule has 0 spiro atoms. The van der Waals surface area contributed by atoms with Gasteiger partial charge in [0.1, 0.15) is 0 Å². The number of nitrogens with one attached hydrogen (secondary N) is 1. The van der Waals surface area contributed by atoms with Crippen LogP contribution in [0.25, 0.3) is 0 Å². The summed E-state index contributed by atoms with van der Waals surface area (Å²) >= 11 is 2.12. The van der Waals surface area contributed by atoms with E-state index in [4.69, 9.17) is 0 Å². The van der Waals surface area contributed by atoms with Crippen molar-refractivity contribution in [2.75, 3.05) is 26.2 Å². The third-order valence-electron chi connectivity index (χ3n) is 2.58. The van der Waals surface area contributed by atoms with Gasteiger partial charge in [0.2, 0.25) is 0 Å². The molecule has 1 fully saturated rings. The molecule has 0 radical (unpaired) electrons. The van der Waals surface area contributed by atoms with E-state index >= 15 is 0 Å². The summed E-state index contributed by atoms with van der Waals surface area (Å²) in [6, 6.07) is 0. The smallest absolute Gasteiger partial charge is 0.0149 e. The van der Waals surface area contributed by atoms with E-state index < -0.39 is 0 Å². The van der Waals surface area contributed by atoms with E-state index in [1.54, 1.807) is 0 Å². The standard InChI is InChI=1S/C12H26N2S/c1-10-8-14(9-11(2)15-10)7-6-13-12(3,4)5/h10-11,13H,6-9H2,1-5H3. The molecule has 15 heavy (non-hydrogen) atoms. The minimum Gasteiger partial charge on any atom is -0.311 e. The molecule has 90 valence electrons. The fourth-order valence-corrected chi connectivity index (χ4v) is 3.44. The maximum Gasteiger partial charge on any atom is 0.0149 e. The maximum absolute atomic E-state index is 3.55. The van der Waals surface area contributed by atoms with Crippen molar-refractivity contribution in [2.45, 2.75) is 50.7 Å². The van der Waals surface area contributed by atoms with Crippen LogP contribution >= 0.6 is 11.8 Å². The quantitative estimate of drug-likeness (QED) is 0.800. The van der Waals surface area contributed by atoms with Crippen LogP contribution in [0.5, 0.6) is 0 Å². The predicted octanol–water partition coefficient (Wildman–Crippen LogP) is 2.20. The Kier molecular flexibility index (Phi) is 4.94. The SMILES string of the molecule is CC1CN(CCNC(C)(C)C)CC(C)S1. The molecule has 0 aliphatic carbocycles. The van der Waals surface area contributed by atoms with Crippen LogP contribution in [0.4, 0.5) is 0 Å². The van der Waals surface area contributed by atoms with E-state index in [-0.39, 0.29) is 5.54 Å². The van der Waals surface area contributed by atoms with Crippen LogP contribution in [0.1, 0.15) is 34.6 Å². The van der Waals surface area contributed by atoms with Crippen molar-refractivity contribution in [1.82, 2.24) is 10.2 Å². The Morgan fingerprint density at radius 3 is 2.20 bits per heavy atom. The molecule has 0 aromatic rings. The van der Waals surface area contributed by atoms with Gasteiger partial charge in [-0.25, -0.2) is 0 Å². The van der Waals surface area contributed by atoms with Gasteiger partial charge in [-0.15, -0.1) is 0 Å². The Labute approximate surface area is 99.2 Å². The molecule has 0 saturated carbocycles. The highest BCUT2D eigenvalue weighted by Gasteiger charge is 2.21. The molecule has 1 N–H and O–H groups in total. The number of nitrogens with zero attached hydrogens (tertiary/aromatic N) is 1. The highest BCUT2D eigenvalue weighted by molar-refractivity contribution is 8.00. The van der Waals surface area contributed by atoms with Crippen LogP contribution in [0, 0.1) is 0 Å². The fourth-order valence-electron chi connectivity index (χ4n) is 2.06. The second-order valence-electron chi connectivity index (χ2n) is 5.69. The molecular formula is C12H26N2S. The van der Waals surface area contributed by atoms with E-state index in [1.807, 2.05) is 0 Å². The first kappa shape index (κ1) is 13.3. The van der Waals surface area contributed by atoms with Gasteiger partial charge in [-0.1, -0.05) is 13.8 Å². The Balaban J connectivity index is 2.21. The third kappa shape index (κ3) is 5.79. The molecule has 1 rings (SSSR count). The lowest BCUT2D eigenvalue weighted by atomic mass is 10.1. The second kappa shape index (κ2) is 5.55. The lowest BCUT2D eigenvalue weighted by molar-refractivity contribution is 0.259. The summed E-state index contributed by atoms with van der Waals surface area (Å²) in [6.07, 6.45) is 0. The van der Waals surface area contributed by atoms with Gasteiger partial charge >= 0.3 is 0 Å². The van der Waals surface area contributed by atoms with Gasteiger partial charge in [0, 0.05) is 42.2 Å². The summed E-state index contributed by atoms with van der Waals surface area (Å²) in [5.74, 6) is 0. The first-order chi connectivity index (χ1) is 6.87. The minimum absolute atomic E-state index is 0.252. The van der Waals surface area contributed by atoms with Crippen molar-refractivity contribution in [3.8, 4) is 0 Å². The van der Waals surface area contributed by atoms with Crippen molar-refractivity contribution >= 4 is 11.8 Å². The molecule has 0 amide bonds. The van der Waals surface area contributed by atoms with Gasteiger partial charge < -0.3 is 5.32 Å². The molecule has 1 saturated heterocycles. The highest BCUT2D eigenvalue weighted by atomic mass is 32.2. The lowest BCUT2D eigenvalue weighted by Crippen LogP contribution is -2.46. The van der Waals surface area contributed by atoms with E-state index in [0.29, 0.717) is 0 Å². The van der Waals surface area contributed by atoms with Crippen LogP contribution in [-0.4, -0.2) is 47.1 Å². The Morgan fingerprint density at radius 1 is 1.20 bits per heavy atom. The zero-order chi connectivity index (χ0) is 11.5. The molecule has 0 aromatic heterocycles. The monoisotopic (exact) mass is 230 g/mol. The first-order valence-electron chi connectivity index (χ1n) is 5.99. The van der Waals surface area contributed by atoms with Crippen molar-refractivity contribution in [3.05, 3.63) is 0 Å². The Morgan fingerprint density at radius 2 is 1.73 bits per heavy atom. The second-order valence-corrected chi connectivity index (χ2v) is 7.58. The number of hydrogen-bond acceptors (Lipinski definition) is 3. The molecule has 0 aromatic carbocycles. The molecule has 0 bridgehead atoms. The molecule has 1 aliphatic rings. The van der Waals surface area contributed by atoms with Crippen LogP contribution in [0.15, 0.2) is 0 Å². The predicted molar refractivity (Wildman–Crippen MR) is 70.7 cm³/mol. The molecule has 1 heterocycles. The summed E-state index contributed by atoms with van der Waals surface area (Å²) in [7, 11) is 0. The maximum atomic E-state index is 3.55. The summed E-state index contributed by atoms with van der Waals surface area (Å²) < 4.78 is 0. The Hall–Kier alpha value is 0.270. The van der Waals surface area contributed by atoms with Crippen LogP contribution in [0.2, 0.25) is 0 Å². The van der Waals surface area contributed by atoms with Gasteiger partial charge in [0.05, 0.1) is 0 Å². The molecule has 1 aliphatic heterocycles. The summed E-state index contributed by atoms with van der Waals surface area (Å²) in [4.78, 5) is 2.59. The molecule has 2 unspecified atom stereocenters. The van der Waals surface area contributed by atoms with Crippen LogP contribution in [-0.2, 0) is 0 Å². The van der Waals surface area contributed by atoms with E-state index in [9.17, 15) is 0 Å². The van der Waals surface area contributed by atoms with E-state index in [0.717, 1.165) is 17.0 Å². The van der Waals surface area contributed by atoms with Crippen LogP contribution in [0.3, 0.4) is 0 Å². The van der Waals surface area contributed by atoms with Gasteiger partial charge in [-0.2, -0.15) is 11.8 Å². The Bertz CT molecular complexity index is 179. The third-order valence-corrected chi connectivity index (χ3v) is 3.81. The zero-order valence-corrected chi connectivity index (χ0v) is 11.7. The summed E-state index contributed by atoms with van der Waals surface area (Å²) in [5, 5.41) is 5.14. The molecule has 3 heteroatoms. The number of thioether (sulfide) groups is 1. The van der Waals surface area contributed by atoms with Gasteiger partial charge in [0.15, 0.2) is 0 Å². The van der Waals surface area contributed by atoms with Crippen LogP contribution < -0.4 is 5.32 Å². The topological polar surface area (TPSA) is 15.3 Å². The van der Waals surface area contributed by atoms with Crippen molar-refractivity contribution < 1.29 is 0 Å². The zero-order valence-electron chi connectivity index (χ0n) is 10.8. The van der Waals surface area contributed by atoms with Crippen molar-refractivity contribution in [2.24, 2.45) is 0 Å².